The van der Waals surface area contributed by atoms with Crippen molar-refractivity contribution in [2.45, 2.75) is 19.3 Å². The Balaban J connectivity index is 2.19. The number of hydrogen-bond donors (Lipinski definition) is 1. The highest BCUT2D eigenvalue weighted by Gasteiger charge is 2.29. The summed E-state index contributed by atoms with van der Waals surface area (Å²) in [6.45, 7) is 1.23. The minimum Gasteiger partial charge on any atom is -0.481 e. The molecule has 1 aliphatic rings. The number of carboxylic acid groups (broad SMARTS) is 1. The van der Waals surface area contributed by atoms with Gasteiger partial charge in [0, 0.05) is 19.5 Å². The molecule has 0 aromatic heterocycles. The fourth-order valence-corrected chi connectivity index (χ4v) is 2.68. The van der Waals surface area contributed by atoms with Gasteiger partial charge in [-0.25, -0.2) is 0 Å². The van der Waals surface area contributed by atoms with Crippen molar-refractivity contribution in [2.24, 2.45) is 5.92 Å². The van der Waals surface area contributed by atoms with Crippen molar-refractivity contribution in [3.05, 3.63) is 33.9 Å². The second kappa shape index (κ2) is 6.22. The number of para-hydroxylation sites is 1. The minimum absolute atomic E-state index is 0.0477. The Morgan fingerprint density at radius 1 is 1.57 bits per heavy atom. The first-order chi connectivity index (χ1) is 10.0. The van der Waals surface area contributed by atoms with Gasteiger partial charge in [-0.1, -0.05) is 6.07 Å². The van der Waals surface area contributed by atoms with E-state index in [-0.39, 0.29) is 23.6 Å². The highest BCUT2D eigenvalue weighted by Crippen LogP contribution is 2.35. The van der Waals surface area contributed by atoms with E-state index in [9.17, 15) is 14.9 Å². The van der Waals surface area contributed by atoms with Gasteiger partial charge in [0.25, 0.3) is 0 Å². The molecular formula is C14H15N3O4. The van der Waals surface area contributed by atoms with Crippen LogP contribution in [-0.2, 0) is 4.79 Å². The van der Waals surface area contributed by atoms with Crippen LogP contribution in [0.25, 0.3) is 0 Å². The van der Waals surface area contributed by atoms with Crippen LogP contribution in [0.1, 0.15) is 24.8 Å². The van der Waals surface area contributed by atoms with Crippen LogP contribution in [0.4, 0.5) is 11.4 Å². The Morgan fingerprint density at radius 2 is 2.33 bits per heavy atom. The molecule has 1 fully saturated rings. The maximum atomic E-state index is 11.2. The number of rotatable bonds is 5. The molecule has 7 heteroatoms. The van der Waals surface area contributed by atoms with Gasteiger partial charge in [-0.2, -0.15) is 5.26 Å². The fraction of sp³-hybridized carbons (Fsp3) is 0.429. The van der Waals surface area contributed by atoms with Crippen molar-refractivity contribution in [2.75, 3.05) is 18.0 Å². The number of carbonyl (C=O) groups is 1. The van der Waals surface area contributed by atoms with E-state index in [1.54, 1.807) is 12.1 Å². The quantitative estimate of drug-likeness (QED) is 0.657. The lowest BCUT2D eigenvalue weighted by atomic mass is 10.0. The van der Waals surface area contributed by atoms with Crippen LogP contribution >= 0.6 is 0 Å². The Bertz CT molecular complexity index is 609. The SMILES string of the molecule is N#Cc1cccc(N2CCC(CCC(=O)O)C2)c1[N+](=O)[O-]. The molecule has 0 radical (unpaired) electrons. The molecule has 110 valence electrons. The molecule has 1 heterocycles. The summed E-state index contributed by atoms with van der Waals surface area (Å²) in [5, 5.41) is 28.9. The lowest BCUT2D eigenvalue weighted by Crippen LogP contribution is -2.21. The molecular weight excluding hydrogens is 274 g/mol. The molecule has 1 saturated heterocycles. The summed E-state index contributed by atoms with van der Waals surface area (Å²) >= 11 is 0. The van der Waals surface area contributed by atoms with E-state index in [0.29, 0.717) is 25.2 Å². The van der Waals surface area contributed by atoms with Crippen LogP contribution in [0.2, 0.25) is 0 Å². The third-order valence-electron chi connectivity index (χ3n) is 3.71. The summed E-state index contributed by atoms with van der Waals surface area (Å²) < 4.78 is 0. The fourth-order valence-electron chi connectivity index (χ4n) is 2.68. The molecule has 1 aliphatic heterocycles. The van der Waals surface area contributed by atoms with Gasteiger partial charge < -0.3 is 10.0 Å². The topological polar surface area (TPSA) is 107 Å². The molecule has 1 aromatic rings. The number of nitro groups is 1. The van der Waals surface area contributed by atoms with Gasteiger partial charge in [0.05, 0.1) is 4.92 Å². The second-order valence-corrected chi connectivity index (χ2v) is 5.08. The number of anilines is 1. The van der Waals surface area contributed by atoms with Gasteiger partial charge in [0.2, 0.25) is 0 Å². The van der Waals surface area contributed by atoms with Crippen LogP contribution < -0.4 is 4.90 Å². The van der Waals surface area contributed by atoms with Crippen molar-refractivity contribution in [3.8, 4) is 6.07 Å². The van der Waals surface area contributed by atoms with Crippen LogP contribution in [0.15, 0.2) is 18.2 Å². The Kier molecular flexibility index (Phi) is 4.38. The largest absolute Gasteiger partial charge is 0.481 e. The average Bonchev–Trinajstić information content (AvgIpc) is 2.92. The molecule has 0 amide bonds. The van der Waals surface area contributed by atoms with E-state index < -0.39 is 10.9 Å². The van der Waals surface area contributed by atoms with E-state index in [4.69, 9.17) is 10.4 Å². The lowest BCUT2D eigenvalue weighted by Gasteiger charge is -2.18. The maximum Gasteiger partial charge on any atom is 0.310 e. The minimum atomic E-state index is -0.828. The second-order valence-electron chi connectivity index (χ2n) is 5.08. The Hall–Kier alpha value is -2.62. The first-order valence-electron chi connectivity index (χ1n) is 6.67. The van der Waals surface area contributed by atoms with E-state index >= 15 is 0 Å². The van der Waals surface area contributed by atoms with Crippen molar-refractivity contribution in [3.63, 3.8) is 0 Å². The van der Waals surface area contributed by atoms with Crippen molar-refractivity contribution < 1.29 is 14.8 Å². The zero-order valence-corrected chi connectivity index (χ0v) is 11.4. The molecule has 1 unspecified atom stereocenters. The number of nitriles is 1. The normalized spacial score (nSPS) is 17.5. The summed E-state index contributed by atoms with van der Waals surface area (Å²) in [5.41, 5.74) is 0.322. The summed E-state index contributed by atoms with van der Waals surface area (Å²) in [6.07, 6.45) is 1.48. The van der Waals surface area contributed by atoms with E-state index in [1.807, 2.05) is 11.0 Å². The van der Waals surface area contributed by atoms with Crippen molar-refractivity contribution in [1.82, 2.24) is 0 Å². The van der Waals surface area contributed by atoms with Gasteiger partial charge in [0.15, 0.2) is 0 Å². The highest BCUT2D eigenvalue weighted by molar-refractivity contribution is 5.70. The summed E-state index contributed by atoms with van der Waals surface area (Å²) in [4.78, 5) is 23.1. The molecule has 0 bridgehead atoms. The molecule has 2 rings (SSSR count). The zero-order chi connectivity index (χ0) is 15.4. The average molecular weight is 289 g/mol. The Labute approximate surface area is 121 Å². The molecule has 21 heavy (non-hydrogen) atoms. The molecule has 1 atom stereocenters. The number of carboxylic acids is 1. The number of aliphatic carboxylic acids is 1. The molecule has 7 nitrogen and oxygen atoms in total. The molecule has 1 aromatic carbocycles. The van der Waals surface area contributed by atoms with Crippen LogP contribution in [-0.4, -0.2) is 29.1 Å². The number of benzene rings is 1. The third kappa shape index (κ3) is 3.28. The number of nitro benzene ring substituents is 1. The molecule has 0 spiro atoms. The first kappa shape index (κ1) is 14.8. The third-order valence-corrected chi connectivity index (χ3v) is 3.71. The van der Waals surface area contributed by atoms with E-state index in [2.05, 4.69) is 0 Å². The molecule has 1 N–H and O–H groups in total. The molecule has 0 saturated carbocycles. The Morgan fingerprint density at radius 3 is 2.95 bits per heavy atom. The van der Waals surface area contributed by atoms with Crippen molar-refractivity contribution in [1.29, 1.82) is 5.26 Å². The summed E-state index contributed by atoms with van der Waals surface area (Å²) in [6, 6.07) is 6.54. The number of nitrogens with zero attached hydrogens (tertiary/aromatic N) is 3. The van der Waals surface area contributed by atoms with Gasteiger partial charge in [-0.15, -0.1) is 0 Å². The van der Waals surface area contributed by atoms with Gasteiger partial charge in [-0.05, 0) is 30.9 Å². The van der Waals surface area contributed by atoms with Gasteiger partial charge >= 0.3 is 11.7 Å². The summed E-state index contributed by atoms with van der Waals surface area (Å²) in [7, 11) is 0. The van der Waals surface area contributed by atoms with Gasteiger partial charge in [-0.3, -0.25) is 14.9 Å². The van der Waals surface area contributed by atoms with Gasteiger partial charge in [0.1, 0.15) is 17.3 Å². The summed E-state index contributed by atoms with van der Waals surface area (Å²) in [5.74, 6) is -0.614. The predicted octanol–water partition coefficient (Wildman–Crippen LogP) is 2.16. The smallest absolute Gasteiger partial charge is 0.310 e. The number of hydrogen-bond acceptors (Lipinski definition) is 5. The van der Waals surface area contributed by atoms with Crippen LogP contribution in [0.3, 0.4) is 0 Å². The van der Waals surface area contributed by atoms with Crippen LogP contribution in [0, 0.1) is 27.4 Å². The lowest BCUT2D eigenvalue weighted by molar-refractivity contribution is -0.384. The maximum absolute atomic E-state index is 11.2. The molecule has 0 aliphatic carbocycles. The van der Waals surface area contributed by atoms with Crippen LogP contribution in [0.5, 0.6) is 0 Å². The standard InChI is InChI=1S/C14H15N3O4/c15-8-11-2-1-3-12(14(11)17(20)21)16-7-6-10(9-16)4-5-13(18)19/h1-3,10H,4-7,9H2,(H,18,19). The highest BCUT2D eigenvalue weighted by atomic mass is 16.6. The van der Waals surface area contributed by atoms with E-state index in [0.717, 1.165) is 6.42 Å². The van der Waals surface area contributed by atoms with Crippen molar-refractivity contribution >= 4 is 17.3 Å². The van der Waals surface area contributed by atoms with E-state index in [1.165, 1.54) is 6.07 Å². The first-order valence-corrected chi connectivity index (χ1v) is 6.67. The monoisotopic (exact) mass is 289 g/mol. The predicted molar refractivity (Wildman–Crippen MR) is 75.0 cm³/mol. The zero-order valence-electron chi connectivity index (χ0n) is 11.4.